The van der Waals surface area contributed by atoms with Crippen LogP contribution in [0.1, 0.15) is 394 Å². The third-order valence-corrected chi connectivity index (χ3v) is 19.8. The lowest BCUT2D eigenvalue weighted by Gasteiger charge is -2.21. The van der Waals surface area contributed by atoms with Gasteiger partial charge in [-0.2, -0.15) is 0 Å². The van der Waals surface area contributed by atoms with Crippen LogP contribution in [0.4, 0.5) is 0 Å². The molecule has 0 rings (SSSR count). The van der Waals surface area contributed by atoms with Gasteiger partial charge < -0.3 is 33.8 Å². The van der Waals surface area contributed by atoms with Crippen LogP contribution in [0.25, 0.3) is 0 Å². The molecule has 0 aromatic rings. The number of hydrogen-bond acceptors (Lipinski definition) is 15. The quantitative estimate of drug-likeness (QED) is 0.0169. The summed E-state index contributed by atoms with van der Waals surface area (Å²) in [5.41, 5.74) is 0. The van der Waals surface area contributed by atoms with Crippen LogP contribution in [0.3, 0.4) is 0 Å². The monoisotopic (exact) mass is 1430 g/mol. The molecule has 17 nitrogen and oxygen atoms in total. The number of aliphatic hydroxyl groups excluding tert-OH is 1. The maximum atomic E-state index is 13.1. The number of phosphoric acid groups is 2. The molecule has 578 valence electrons. The zero-order valence-electron chi connectivity index (χ0n) is 63.4. The van der Waals surface area contributed by atoms with Gasteiger partial charge in [-0.25, -0.2) is 9.13 Å². The van der Waals surface area contributed by atoms with E-state index in [9.17, 15) is 43.2 Å². The van der Waals surface area contributed by atoms with E-state index in [1.807, 2.05) is 0 Å². The molecule has 19 heteroatoms. The first-order chi connectivity index (χ1) is 47.5. The lowest BCUT2D eigenvalue weighted by molar-refractivity contribution is -0.161. The van der Waals surface area contributed by atoms with E-state index in [0.29, 0.717) is 31.6 Å². The van der Waals surface area contributed by atoms with Crippen molar-refractivity contribution >= 4 is 39.5 Å². The Morgan fingerprint density at radius 2 is 0.551 bits per heavy atom. The fraction of sp³-hybridized carbons (Fsp3) is 0.899. The maximum absolute atomic E-state index is 13.1. The largest absolute Gasteiger partial charge is 0.472 e. The number of rotatable bonds is 77. The van der Waals surface area contributed by atoms with E-state index in [1.165, 1.54) is 193 Å². The van der Waals surface area contributed by atoms with Gasteiger partial charge in [-0.3, -0.25) is 37.3 Å². The van der Waals surface area contributed by atoms with E-state index in [1.54, 1.807) is 0 Å². The summed E-state index contributed by atoms with van der Waals surface area (Å²) in [6.07, 6.45) is 64.7. The molecule has 0 heterocycles. The number of ether oxygens (including phenoxy) is 4. The third-order valence-electron chi connectivity index (χ3n) is 17.9. The molecule has 0 saturated heterocycles. The third kappa shape index (κ3) is 71.9. The van der Waals surface area contributed by atoms with Crippen molar-refractivity contribution in [2.24, 2.45) is 5.92 Å². The average molecular weight is 1430 g/mol. The highest BCUT2D eigenvalue weighted by molar-refractivity contribution is 7.47. The van der Waals surface area contributed by atoms with Crippen LogP contribution in [0.2, 0.25) is 0 Å². The lowest BCUT2D eigenvalue weighted by atomic mass is 10.0. The normalized spacial score (nSPS) is 14.1. The van der Waals surface area contributed by atoms with Crippen LogP contribution in [0.5, 0.6) is 0 Å². The van der Waals surface area contributed by atoms with Gasteiger partial charge in [0.2, 0.25) is 0 Å². The van der Waals surface area contributed by atoms with E-state index in [0.717, 1.165) is 116 Å². The van der Waals surface area contributed by atoms with Gasteiger partial charge in [0.25, 0.3) is 0 Å². The Morgan fingerprint density at radius 1 is 0.316 bits per heavy atom. The molecular formula is C79H150O17P2. The molecule has 0 aliphatic rings. The lowest BCUT2D eigenvalue weighted by Crippen LogP contribution is -2.30. The average Bonchev–Trinajstić information content (AvgIpc) is 1.06. The van der Waals surface area contributed by atoms with E-state index >= 15 is 0 Å². The van der Waals surface area contributed by atoms with E-state index < -0.39 is 97.5 Å². The second kappa shape index (κ2) is 71.5. The summed E-state index contributed by atoms with van der Waals surface area (Å²) in [6, 6.07) is 0. The van der Waals surface area contributed by atoms with Gasteiger partial charge in [0, 0.05) is 25.7 Å². The number of aliphatic hydroxyl groups is 1. The molecule has 0 aromatic heterocycles. The Morgan fingerprint density at radius 3 is 0.837 bits per heavy atom. The number of phosphoric ester groups is 2. The Bertz CT molecular complexity index is 1970. The molecule has 3 N–H and O–H groups in total. The Hall–Kier alpha value is -2.46. The van der Waals surface area contributed by atoms with Crippen LogP contribution >= 0.6 is 15.6 Å². The molecule has 0 amide bonds. The number of carbonyl (C=O) groups excluding carboxylic acids is 4. The summed E-state index contributed by atoms with van der Waals surface area (Å²) >= 11 is 0. The molecule has 0 spiro atoms. The number of carbonyl (C=O) groups is 4. The molecule has 0 fully saturated rings. The molecule has 0 aromatic carbocycles. The second-order valence-electron chi connectivity index (χ2n) is 28.2. The molecule has 0 aliphatic heterocycles. The van der Waals surface area contributed by atoms with Crippen molar-refractivity contribution in [1.82, 2.24) is 0 Å². The number of esters is 4. The summed E-state index contributed by atoms with van der Waals surface area (Å²) in [5, 5.41) is 10.6. The first-order valence-electron chi connectivity index (χ1n) is 40.5. The van der Waals surface area contributed by atoms with Crippen LogP contribution < -0.4 is 0 Å². The topological polar surface area (TPSA) is 237 Å². The highest BCUT2D eigenvalue weighted by Crippen LogP contribution is 2.45. The molecule has 0 bridgehead atoms. The predicted octanol–water partition coefficient (Wildman–Crippen LogP) is 23.2. The Kier molecular flexibility index (Phi) is 69.7. The van der Waals surface area contributed by atoms with Crippen LogP contribution in [-0.4, -0.2) is 96.7 Å². The SMILES string of the molecule is CCCCCC/C=C\C=C/CCCCCCCC(=O)OC[C@H](COP(=O)(O)OC[C@@H](O)COP(=O)(O)OC[C@@H](COC(=O)CCCCCCCCCC(C)C)OC(=O)CCCCCCCCCCCCCCCC)OC(=O)CCCCCCCCCCCCCCCCCCCCC. The molecular weight excluding hydrogens is 1280 g/mol. The zero-order valence-corrected chi connectivity index (χ0v) is 65.2. The van der Waals surface area contributed by atoms with E-state index in [4.69, 9.17) is 37.0 Å². The van der Waals surface area contributed by atoms with E-state index in [-0.39, 0.29) is 25.7 Å². The van der Waals surface area contributed by atoms with Gasteiger partial charge in [0.05, 0.1) is 26.4 Å². The maximum Gasteiger partial charge on any atom is 0.472 e. The van der Waals surface area contributed by atoms with Crippen molar-refractivity contribution in [3.63, 3.8) is 0 Å². The van der Waals surface area contributed by atoms with Crippen molar-refractivity contribution in [1.29, 1.82) is 0 Å². The van der Waals surface area contributed by atoms with Crippen LogP contribution in [-0.2, 0) is 65.4 Å². The summed E-state index contributed by atoms with van der Waals surface area (Å²) in [6.45, 7) is 7.19. The van der Waals surface area contributed by atoms with Crippen molar-refractivity contribution < 1.29 is 80.2 Å². The van der Waals surface area contributed by atoms with E-state index in [2.05, 4.69) is 58.9 Å². The van der Waals surface area contributed by atoms with Crippen LogP contribution in [0, 0.1) is 5.92 Å². The first kappa shape index (κ1) is 95.5. The fourth-order valence-corrected chi connectivity index (χ4v) is 13.3. The fourth-order valence-electron chi connectivity index (χ4n) is 11.7. The molecule has 0 radical (unpaired) electrons. The second-order valence-corrected chi connectivity index (χ2v) is 31.2. The van der Waals surface area contributed by atoms with Gasteiger partial charge in [-0.05, 0) is 57.3 Å². The Balaban J connectivity index is 5.27. The summed E-state index contributed by atoms with van der Waals surface area (Å²) in [4.78, 5) is 72.9. The van der Waals surface area contributed by atoms with Crippen molar-refractivity contribution in [2.45, 2.75) is 412 Å². The summed E-state index contributed by atoms with van der Waals surface area (Å²) in [7, 11) is -9.93. The Labute approximate surface area is 599 Å². The minimum absolute atomic E-state index is 0.102. The standard InChI is InChI=1S/C79H150O17P2/c1-6-9-12-15-18-21-24-27-30-31-32-33-35-38-41-44-49-55-60-65-78(83)95-74(68-89-76(81)62-57-52-47-42-39-37-34-28-25-22-19-16-13-10-7-2)70-93-97(85,86)91-66-73(80)67-92-98(87,88)94-71-75(69-90-77(82)63-58-53-50-45-46-51-56-61-72(4)5)96-79(84)64-59-54-48-43-40-36-29-26-23-20-17-14-11-8-3/h22,25,28,34,72-75,80H,6-21,23-24,26-27,29-33,35-71H2,1-5H3,(H,85,86)(H,87,88)/b25-22-,34-28-/t73-,74-,75-/m1/s1. The van der Waals surface area contributed by atoms with Gasteiger partial charge >= 0.3 is 39.5 Å². The molecule has 98 heavy (non-hydrogen) atoms. The van der Waals surface area contributed by atoms with Crippen LogP contribution in [0.15, 0.2) is 24.3 Å². The van der Waals surface area contributed by atoms with Crippen molar-refractivity contribution in [3.05, 3.63) is 24.3 Å². The minimum atomic E-state index is -4.97. The van der Waals surface area contributed by atoms with Gasteiger partial charge in [-0.15, -0.1) is 0 Å². The number of unbranched alkanes of at least 4 members (excludes halogenated alkanes) is 46. The number of allylic oxidation sites excluding steroid dienone is 4. The highest BCUT2D eigenvalue weighted by atomic mass is 31.2. The number of hydrogen-bond donors (Lipinski definition) is 3. The summed E-state index contributed by atoms with van der Waals surface area (Å²) in [5.74, 6) is -1.44. The summed E-state index contributed by atoms with van der Waals surface area (Å²) < 4.78 is 68.6. The molecule has 5 atom stereocenters. The van der Waals surface area contributed by atoms with Gasteiger partial charge in [0.15, 0.2) is 12.2 Å². The smallest absolute Gasteiger partial charge is 0.462 e. The highest BCUT2D eigenvalue weighted by Gasteiger charge is 2.30. The van der Waals surface area contributed by atoms with Gasteiger partial charge in [-0.1, -0.05) is 341 Å². The minimum Gasteiger partial charge on any atom is -0.462 e. The predicted molar refractivity (Wildman–Crippen MR) is 400 cm³/mol. The molecule has 0 aliphatic carbocycles. The molecule has 2 unspecified atom stereocenters. The zero-order chi connectivity index (χ0) is 71.9. The molecule has 0 saturated carbocycles. The van der Waals surface area contributed by atoms with Gasteiger partial charge in [0.1, 0.15) is 19.3 Å². The van der Waals surface area contributed by atoms with Crippen molar-refractivity contribution in [2.75, 3.05) is 39.6 Å². The first-order valence-corrected chi connectivity index (χ1v) is 43.4. The van der Waals surface area contributed by atoms with Crippen molar-refractivity contribution in [3.8, 4) is 0 Å².